The van der Waals surface area contributed by atoms with Gasteiger partial charge in [-0.15, -0.1) is 0 Å². The predicted molar refractivity (Wildman–Crippen MR) is 50.0 cm³/mol. The fourth-order valence-electron chi connectivity index (χ4n) is 1.80. The van der Waals surface area contributed by atoms with E-state index >= 15 is 0 Å². The van der Waals surface area contributed by atoms with Crippen molar-refractivity contribution in [2.24, 2.45) is 5.73 Å². The maximum absolute atomic E-state index is 5.92. The molecule has 4 N–H and O–H groups in total. The van der Waals surface area contributed by atoms with Crippen LogP contribution in [0.15, 0.2) is 18.5 Å². The van der Waals surface area contributed by atoms with Gasteiger partial charge in [-0.1, -0.05) is 0 Å². The van der Waals surface area contributed by atoms with Crippen molar-refractivity contribution in [3.63, 3.8) is 0 Å². The van der Waals surface area contributed by atoms with E-state index in [1.54, 1.807) is 0 Å². The molecule has 1 aliphatic rings. The zero-order chi connectivity index (χ0) is 8.39. The number of hydrogen-bond acceptors (Lipinski definition) is 2. The predicted octanol–water partition coefficient (Wildman–Crippen LogP) is 1.31. The van der Waals surface area contributed by atoms with E-state index in [1.165, 1.54) is 12.8 Å². The lowest BCUT2D eigenvalue weighted by Gasteiger charge is -2.16. The van der Waals surface area contributed by atoms with Crippen LogP contribution < -0.4 is 11.1 Å². The topological polar surface area (TPSA) is 53.8 Å². The van der Waals surface area contributed by atoms with Crippen LogP contribution in [0.1, 0.15) is 19.3 Å². The maximum Gasteiger partial charge on any atom is 0.0520 e. The molecule has 2 atom stereocenters. The Morgan fingerprint density at radius 2 is 2.42 bits per heavy atom. The average Bonchev–Trinajstić information content (AvgIpc) is 2.65. The summed E-state index contributed by atoms with van der Waals surface area (Å²) in [4.78, 5) is 3.02. The number of rotatable bonds is 2. The minimum absolute atomic E-state index is 0.333. The van der Waals surface area contributed by atoms with Crippen LogP contribution in [0.5, 0.6) is 0 Å². The smallest absolute Gasteiger partial charge is 0.0520 e. The SMILES string of the molecule is NC1CCCC1Nc1cc[nH]c1. The molecule has 3 nitrogen and oxygen atoms in total. The lowest BCUT2D eigenvalue weighted by molar-refractivity contribution is 0.638. The third kappa shape index (κ3) is 1.46. The molecule has 0 saturated heterocycles. The van der Waals surface area contributed by atoms with Crippen molar-refractivity contribution in [2.75, 3.05) is 5.32 Å². The Morgan fingerprint density at radius 1 is 1.50 bits per heavy atom. The van der Waals surface area contributed by atoms with E-state index in [2.05, 4.69) is 10.3 Å². The van der Waals surface area contributed by atoms with Gasteiger partial charge in [0, 0.05) is 24.5 Å². The molecule has 0 aliphatic heterocycles. The molecular weight excluding hydrogens is 150 g/mol. The Hall–Kier alpha value is -0.960. The molecule has 1 aliphatic carbocycles. The van der Waals surface area contributed by atoms with Crippen LogP contribution >= 0.6 is 0 Å². The summed E-state index contributed by atoms with van der Waals surface area (Å²) >= 11 is 0. The fourth-order valence-corrected chi connectivity index (χ4v) is 1.80. The Kier molecular flexibility index (Phi) is 2.04. The fraction of sp³-hybridized carbons (Fsp3) is 0.556. The largest absolute Gasteiger partial charge is 0.380 e. The molecule has 1 aromatic heterocycles. The molecule has 0 spiro atoms. The minimum Gasteiger partial charge on any atom is -0.380 e. The molecule has 66 valence electrons. The number of nitrogens with two attached hydrogens (primary N) is 1. The second-order valence-corrected chi connectivity index (χ2v) is 3.45. The van der Waals surface area contributed by atoms with E-state index in [0.717, 1.165) is 12.1 Å². The monoisotopic (exact) mass is 165 g/mol. The molecule has 1 heterocycles. The number of anilines is 1. The normalized spacial score (nSPS) is 29.1. The van der Waals surface area contributed by atoms with Gasteiger partial charge in [-0.2, -0.15) is 0 Å². The Morgan fingerprint density at radius 3 is 3.00 bits per heavy atom. The highest BCUT2D eigenvalue weighted by Crippen LogP contribution is 2.21. The van der Waals surface area contributed by atoms with E-state index in [-0.39, 0.29) is 0 Å². The Bertz CT molecular complexity index is 230. The zero-order valence-corrected chi connectivity index (χ0v) is 7.09. The molecule has 2 unspecified atom stereocenters. The van der Waals surface area contributed by atoms with Gasteiger partial charge in [0.05, 0.1) is 5.69 Å². The highest BCUT2D eigenvalue weighted by molar-refractivity contribution is 5.42. The number of H-pyrrole nitrogens is 1. The molecule has 1 aromatic rings. The van der Waals surface area contributed by atoms with Gasteiger partial charge in [0.2, 0.25) is 0 Å². The van der Waals surface area contributed by atoms with Crippen LogP contribution in [0.4, 0.5) is 5.69 Å². The number of aromatic nitrogens is 1. The van der Waals surface area contributed by atoms with E-state index < -0.39 is 0 Å². The van der Waals surface area contributed by atoms with Crippen LogP contribution in [0.3, 0.4) is 0 Å². The van der Waals surface area contributed by atoms with Gasteiger partial charge in [-0.3, -0.25) is 0 Å². The van der Waals surface area contributed by atoms with Crippen molar-refractivity contribution in [3.05, 3.63) is 18.5 Å². The van der Waals surface area contributed by atoms with Crippen molar-refractivity contribution in [2.45, 2.75) is 31.3 Å². The van der Waals surface area contributed by atoms with Crippen LogP contribution in [-0.4, -0.2) is 17.1 Å². The van der Waals surface area contributed by atoms with E-state index in [4.69, 9.17) is 5.73 Å². The van der Waals surface area contributed by atoms with Gasteiger partial charge in [-0.05, 0) is 25.3 Å². The first-order valence-electron chi connectivity index (χ1n) is 4.51. The number of aromatic amines is 1. The standard InChI is InChI=1S/C9H15N3/c10-8-2-1-3-9(8)12-7-4-5-11-6-7/h4-6,8-9,11-12H,1-3,10H2. The second-order valence-electron chi connectivity index (χ2n) is 3.45. The highest BCUT2D eigenvalue weighted by Gasteiger charge is 2.23. The number of nitrogens with one attached hydrogen (secondary N) is 2. The first-order chi connectivity index (χ1) is 5.86. The van der Waals surface area contributed by atoms with Gasteiger partial charge in [-0.25, -0.2) is 0 Å². The molecular formula is C9H15N3. The number of hydrogen-bond donors (Lipinski definition) is 3. The van der Waals surface area contributed by atoms with Crippen LogP contribution in [0.25, 0.3) is 0 Å². The average molecular weight is 165 g/mol. The van der Waals surface area contributed by atoms with Gasteiger partial charge in [0.15, 0.2) is 0 Å². The molecule has 2 rings (SSSR count). The van der Waals surface area contributed by atoms with Crippen molar-refractivity contribution in [3.8, 4) is 0 Å². The van der Waals surface area contributed by atoms with Gasteiger partial charge in [0.25, 0.3) is 0 Å². The van der Waals surface area contributed by atoms with E-state index in [1.807, 2.05) is 18.5 Å². The van der Waals surface area contributed by atoms with Crippen molar-refractivity contribution < 1.29 is 0 Å². The van der Waals surface area contributed by atoms with Crippen LogP contribution in [-0.2, 0) is 0 Å². The highest BCUT2D eigenvalue weighted by atomic mass is 15.0. The Balaban J connectivity index is 1.95. The summed E-state index contributed by atoms with van der Waals surface area (Å²) in [5.41, 5.74) is 7.07. The van der Waals surface area contributed by atoms with Crippen molar-refractivity contribution in [1.82, 2.24) is 4.98 Å². The molecule has 12 heavy (non-hydrogen) atoms. The maximum atomic E-state index is 5.92. The third-order valence-corrected chi connectivity index (χ3v) is 2.52. The van der Waals surface area contributed by atoms with Gasteiger partial charge < -0.3 is 16.0 Å². The molecule has 0 bridgehead atoms. The van der Waals surface area contributed by atoms with Gasteiger partial charge in [0.1, 0.15) is 0 Å². The summed E-state index contributed by atoms with van der Waals surface area (Å²) in [6.07, 6.45) is 7.49. The third-order valence-electron chi connectivity index (χ3n) is 2.52. The summed E-state index contributed by atoms with van der Waals surface area (Å²) in [5, 5.41) is 3.41. The van der Waals surface area contributed by atoms with Gasteiger partial charge >= 0.3 is 0 Å². The first kappa shape index (κ1) is 7.68. The molecule has 3 heteroatoms. The Labute approximate surface area is 72.3 Å². The summed E-state index contributed by atoms with van der Waals surface area (Å²) < 4.78 is 0. The molecule has 0 radical (unpaired) electrons. The van der Waals surface area contributed by atoms with Crippen LogP contribution in [0, 0.1) is 0 Å². The zero-order valence-electron chi connectivity index (χ0n) is 7.09. The van der Waals surface area contributed by atoms with Crippen molar-refractivity contribution in [1.29, 1.82) is 0 Å². The van der Waals surface area contributed by atoms with E-state index in [0.29, 0.717) is 12.1 Å². The summed E-state index contributed by atoms with van der Waals surface area (Å²) in [6, 6.07) is 2.84. The first-order valence-corrected chi connectivity index (χ1v) is 4.51. The molecule has 1 saturated carbocycles. The van der Waals surface area contributed by atoms with Crippen molar-refractivity contribution >= 4 is 5.69 Å². The summed E-state index contributed by atoms with van der Waals surface area (Å²) in [7, 11) is 0. The quantitative estimate of drug-likeness (QED) is 0.618. The molecule has 1 fully saturated rings. The minimum atomic E-state index is 0.333. The van der Waals surface area contributed by atoms with Crippen LogP contribution in [0.2, 0.25) is 0 Å². The summed E-state index contributed by atoms with van der Waals surface area (Å²) in [5.74, 6) is 0. The van der Waals surface area contributed by atoms with E-state index in [9.17, 15) is 0 Å². The molecule has 0 amide bonds. The summed E-state index contributed by atoms with van der Waals surface area (Å²) in [6.45, 7) is 0. The lowest BCUT2D eigenvalue weighted by Crippen LogP contribution is -2.35. The molecule has 0 aromatic carbocycles. The second kappa shape index (κ2) is 3.19. The lowest BCUT2D eigenvalue weighted by atomic mass is 10.2.